The molecule has 1 fully saturated rings. The van der Waals surface area contributed by atoms with E-state index in [-0.39, 0.29) is 12.6 Å². The van der Waals surface area contributed by atoms with Crippen LogP contribution in [0.1, 0.15) is 35.0 Å². The van der Waals surface area contributed by atoms with Crippen LogP contribution in [0.5, 0.6) is 0 Å². The Balaban J connectivity index is 1.58. The van der Waals surface area contributed by atoms with E-state index in [0.29, 0.717) is 24.9 Å². The maximum Gasteiger partial charge on any atom is 0.356 e. The zero-order chi connectivity index (χ0) is 19.8. The number of esters is 1. The monoisotopic (exact) mass is 386 g/mol. The van der Waals surface area contributed by atoms with Crippen molar-refractivity contribution in [1.29, 1.82) is 0 Å². The van der Waals surface area contributed by atoms with Gasteiger partial charge < -0.3 is 9.84 Å². The molecule has 28 heavy (non-hydrogen) atoms. The molecule has 1 unspecified atom stereocenters. The second-order valence-electron chi connectivity index (χ2n) is 7.16. The summed E-state index contributed by atoms with van der Waals surface area (Å²) in [5, 5.41) is 16.3. The number of H-pyrrole nitrogens is 1. The second-order valence-corrected chi connectivity index (χ2v) is 7.16. The number of hydrogen-bond donors (Lipinski definition) is 2. The molecule has 0 radical (unpaired) electrons. The average Bonchev–Trinajstić information content (AvgIpc) is 3.17. The lowest BCUT2D eigenvalue weighted by Gasteiger charge is -2.41. The third kappa shape index (κ3) is 5.41. The molecule has 0 spiro atoms. The minimum Gasteiger partial charge on any atom is -0.461 e. The number of nitrogens with one attached hydrogen (secondary N) is 1. The van der Waals surface area contributed by atoms with Crippen LogP contribution >= 0.6 is 0 Å². The summed E-state index contributed by atoms with van der Waals surface area (Å²) in [5.74, 6) is -0.358. The number of benzene rings is 1. The number of ether oxygens (including phenoxy) is 1. The van der Waals surface area contributed by atoms with Gasteiger partial charge in [0.2, 0.25) is 0 Å². The molecule has 2 aromatic rings. The van der Waals surface area contributed by atoms with E-state index >= 15 is 0 Å². The number of aliphatic hydroxyl groups is 1. The van der Waals surface area contributed by atoms with E-state index in [1.165, 1.54) is 5.56 Å². The van der Waals surface area contributed by atoms with Crippen LogP contribution in [0.15, 0.2) is 36.5 Å². The van der Waals surface area contributed by atoms with Gasteiger partial charge in [-0.2, -0.15) is 5.10 Å². The van der Waals surface area contributed by atoms with Crippen LogP contribution in [0.25, 0.3) is 0 Å². The molecule has 1 aliphatic rings. The Labute approximate surface area is 166 Å². The van der Waals surface area contributed by atoms with Gasteiger partial charge in [0.1, 0.15) is 5.69 Å². The van der Waals surface area contributed by atoms with Crippen LogP contribution in [-0.2, 0) is 17.7 Å². The van der Waals surface area contributed by atoms with E-state index in [0.717, 1.165) is 44.6 Å². The van der Waals surface area contributed by atoms with E-state index in [1.807, 2.05) is 6.07 Å². The number of piperazine rings is 1. The number of aromatic nitrogens is 2. The molecule has 1 aliphatic heterocycles. The first-order chi connectivity index (χ1) is 13.7. The molecule has 1 saturated heterocycles. The highest BCUT2D eigenvalue weighted by Crippen LogP contribution is 2.18. The topological polar surface area (TPSA) is 81.7 Å². The third-order valence-electron chi connectivity index (χ3n) is 5.27. The molecule has 0 bridgehead atoms. The summed E-state index contributed by atoms with van der Waals surface area (Å²) in [6.45, 7) is 6.69. The van der Waals surface area contributed by atoms with Gasteiger partial charge in [0.05, 0.1) is 12.8 Å². The van der Waals surface area contributed by atoms with Crippen molar-refractivity contribution in [3.63, 3.8) is 0 Å². The van der Waals surface area contributed by atoms with Crippen LogP contribution in [-0.4, -0.2) is 76.5 Å². The van der Waals surface area contributed by atoms with Gasteiger partial charge in [0.15, 0.2) is 0 Å². The number of rotatable bonds is 9. The minimum absolute atomic E-state index is 0.181. The molecule has 152 valence electrons. The first-order valence-electron chi connectivity index (χ1n) is 10.0. The van der Waals surface area contributed by atoms with Crippen LogP contribution in [0.3, 0.4) is 0 Å². The largest absolute Gasteiger partial charge is 0.461 e. The zero-order valence-corrected chi connectivity index (χ0v) is 16.5. The van der Waals surface area contributed by atoms with Crippen molar-refractivity contribution in [2.75, 3.05) is 39.4 Å². The van der Waals surface area contributed by atoms with E-state index in [2.05, 4.69) is 44.3 Å². The molecule has 0 aliphatic carbocycles. The minimum atomic E-state index is -0.358. The van der Waals surface area contributed by atoms with E-state index < -0.39 is 0 Å². The SMILES string of the molecule is CCOC(=O)c1[nH]ncc1CN1CCN(CCc2ccccc2)C(CCO)C1. The number of carbonyl (C=O) groups is 1. The van der Waals surface area contributed by atoms with Crippen molar-refractivity contribution >= 4 is 5.97 Å². The average molecular weight is 386 g/mol. The van der Waals surface area contributed by atoms with Crippen molar-refractivity contribution in [1.82, 2.24) is 20.0 Å². The van der Waals surface area contributed by atoms with Gasteiger partial charge in [-0.25, -0.2) is 4.79 Å². The zero-order valence-electron chi connectivity index (χ0n) is 16.5. The van der Waals surface area contributed by atoms with Gasteiger partial charge in [-0.15, -0.1) is 0 Å². The van der Waals surface area contributed by atoms with Gasteiger partial charge in [-0.1, -0.05) is 30.3 Å². The van der Waals surface area contributed by atoms with Crippen LogP contribution < -0.4 is 0 Å². The number of nitrogens with zero attached hydrogens (tertiary/aromatic N) is 3. The summed E-state index contributed by atoms with van der Waals surface area (Å²) in [6, 6.07) is 10.8. The Morgan fingerprint density at radius 1 is 1.32 bits per heavy atom. The maximum atomic E-state index is 12.1. The molecular formula is C21H30N4O3. The highest BCUT2D eigenvalue weighted by molar-refractivity contribution is 5.88. The number of hydrogen-bond acceptors (Lipinski definition) is 6. The molecule has 7 heteroatoms. The lowest BCUT2D eigenvalue weighted by Crippen LogP contribution is -2.53. The Morgan fingerprint density at radius 3 is 2.89 bits per heavy atom. The van der Waals surface area contributed by atoms with Gasteiger partial charge in [-0.3, -0.25) is 14.9 Å². The van der Waals surface area contributed by atoms with Crippen molar-refractivity contribution in [2.24, 2.45) is 0 Å². The standard InChI is InChI=1S/C21H30N4O3/c1-2-28-21(27)20-18(14-22-23-20)15-24-11-12-25(19(16-24)9-13-26)10-8-17-6-4-3-5-7-17/h3-7,14,19,26H,2,8-13,15-16H2,1H3,(H,22,23). The van der Waals surface area contributed by atoms with Gasteiger partial charge in [-0.05, 0) is 25.3 Å². The number of aromatic amines is 1. The van der Waals surface area contributed by atoms with Crippen LogP contribution in [0, 0.1) is 0 Å². The van der Waals surface area contributed by atoms with Crippen molar-refractivity contribution in [3.8, 4) is 0 Å². The fourth-order valence-corrected chi connectivity index (χ4v) is 3.79. The molecule has 2 N–H and O–H groups in total. The molecule has 0 saturated carbocycles. The molecule has 2 heterocycles. The number of carbonyl (C=O) groups excluding carboxylic acids is 1. The van der Waals surface area contributed by atoms with E-state index in [1.54, 1.807) is 13.1 Å². The Kier molecular flexibility index (Phi) is 7.59. The van der Waals surface area contributed by atoms with Crippen molar-refractivity contribution < 1.29 is 14.6 Å². The van der Waals surface area contributed by atoms with Gasteiger partial charge in [0.25, 0.3) is 0 Å². The lowest BCUT2D eigenvalue weighted by molar-refractivity contribution is 0.0500. The Bertz CT molecular complexity index is 734. The summed E-state index contributed by atoms with van der Waals surface area (Å²) in [6.07, 6.45) is 3.47. The Morgan fingerprint density at radius 2 is 2.14 bits per heavy atom. The second kappa shape index (κ2) is 10.4. The van der Waals surface area contributed by atoms with Crippen LogP contribution in [0.2, 0.25) is 0 Å². The molecule has 7 nitrogen and oxygen atoms in total. The predicted molar refractivity (Wildman–Crippen MR) is 107 cm³/mol. The summed E-state index contributed by atoms with van der Waals surface area (Å²) in [7, 11) is 0. The van der Waals surface area contributed by atoms with Crippen LogP contribution in [0.4, 0.5) is 0 Å². The summed E-state index contributed by atoms with van der Waals surface area (Å²) >= 11 is 0. The van der Waals surface area contributed by atoms with Crippen molar-refractivity contribution in [2.45, 2.75) is 32.4 Å². The molecular weight excluding hydrogens is 356 g/mol. The fraction of sp³-hybridized carbons (Fsp3) is 0.524. The van der Waals surface area contributed by atoms with Gasteiger partial charge in [0, 0.05) is 50.9 Å². The first-order valence-corrected chi connectivity index (χ1v) is 10.0. The molecule has 3 rings (SSSR count). The predicted octanol–water partition coefficient (Wildman–Crippen LogP) is 1.70. The van der Waals surface area contributed by atoms with E-state index in [4.69, 9.17) is 4.74 Å². The van der Waals surface area contributed by atoms with E-state index in [9.17, 15) is 9.90 Å². The third-order valence-corrected chi connectivity index (χ3v) is 5.27. The molecule has 1 aromatic carbocycles. The highest BCUT2D eigenvalue weighted by atomic mass is 16.5. The molecule has 1 atom stereocenters. The summed E-state index contributed by atoms with van der Waals surface area (Å²) in [5.41, 5.74) is 2.64. The fourth-order valence-electron chi connectivity index (χ4n) is 3.79. The summed E-state index contributed by atoms with van der Waals surface area (Å²) in [4.78, 5) is 16.9. The quantitative estimate of drug-likeness (QED) is 0.639. The van der Waals surface area contributed by atoms with Gasteiger partial charge >= 0.3 is 5.97 Å². The normalized spacial score (nSPS) is 18.3. The molecule has 0 amide bonds. The summed E-state index contributed by atoms with van der Waals surface area (Å²) < 4.78 is 5.10. The maximum absolute atomic E-state index is 12.1. The number of aliphatic hydroxyl groups excluding tert-OH is 1. The molecule has 1 aromatic heterocycles. The lowest BCUT2D eigenvalue weighted by atomic mass is 10.1. The van der Waals surface area contributed by atoms with Crippen molar-refractivity contribution in [3.05, 3.63) is 53.3 Å². The smallest absolute Gasteiger partial charge is 0.356 e. The highest BCUT2D eigenvalue weighted by Gasteiger charge is 2.27. The Hall–Kier alpha value is -2.22. The first kappa shape index (κ1) is 20.5.